The second-order valence-corrected chi connectivity index (χ2v) is 13.0. The Morgan fingerprint density at radius 1 is 1.02 bits per heavy atom. The minimum absolute atomic E-state index is 0.129. The van der Waals surface area contributed by atoms with Gasteiger partial charge < -0.3 is 15.0 Å². The van der Waals surface area contributed by atoms with Crippen molar-refractivity contribution in [3.63, 3.8) is 0 Å². The summed E-state index contributed by atoms with van der Waals surface area (Å²) in [4.78, 5) is 13.7. The summed E-state index contributed by atoms with van der Waals surface area (Å²) in [5, 5.41) is 3.24. The number of sulfonamides is 1. The van der Waals surface area contributed by atoms with Crippen molar-refractivity contribution >= 4 is 33.3 Å². The van der Waals surface area contributed by atoms with E-state index >= 15 is 4.39 Å². The Hall–Kier alpha value is -3.37. The second kappa shape index (κ2) is 13.5. The van der Waals surface area contributed by atoms with Gasteiger partial charge in [0.05, 0.1) is 23.2 Å². The van der Waals surface area contributed by atoms with Gasteiger partial charge in [-0.1, -0.05) is 29.8 Å². The maximum atomic E-state index is 15.0. The zero-order chi connectivity index (χ0) is 30.4. The number of hydrogen-bond donors (Lipinski definition) is 1. The van der Waals surface area contributed by atoms with E-state index in [1.807, 2.05) is 20.8 Å². The first-order valence-electron chi connectivity index (χ1n) is 13.2. The van der Waals surface area contributed by atoms with Gasteiger partial charge in [0, 0.05) is 35.8 Å². The third-order valence-corrected chi connectivity index (χ3v) is 8.36. The van der Waals surface area contributed by atoms with E-state index in [0.29, 0.717) is 42.3 Å². The van der Waals surface area contributed by atoms with Crippen LogP contribution in [0, 0.1) is 11.6 Å². The normalized spacial score (nSPS) is 12.5. The number of unbranched alkanes of at least 4 members (excludes halogenated alkanes) is 1. The first kappa shape index (κ1) is 32.1. The molecule has 0 heterocycles. The summed E-state index contributed by atoms with van der Waals surface area (Å²) in [6.07, 6.45) is 1.30. The predicted octanol–water partition coefficient (Wildman–Crippen LogP) is 7.17. The van der Waals surface area contributed by atoms with Gasteiger partial charge in [-0.15, -0.1) is 0 Å². The van der Waals surface area contributed by atoms with E-state index in [1.54, 1.807) is 43.1 Å². The molecule has 0 aliphatic heterocycles. The standard InChI is InChI=1S/C30H36ClF2N3O4S/c1-21(25-10-6-7-11-28(25)40-19-9-8-18-35(5)29(37)34-30(2,3)4)36(27-20-23(32)14-17-26(27)33)41(38,39)24-15-12-22(31)13-16-24/h6-7,10-17,20-21H,8-9,18-19H2,1-5H3,(H,34,37). The van der Waals surface area contributed by atoms with Crippen LogP contribution in [0.15, 0.2) is 71.6 Å². The smallest absolute Gasteiger partial charge is 0.317 e. The highest BCUT2D eigenvalue weighted by atomic mass is 35.5. The molecule has 3 aromatic rings. The number of halogens is 3. The maximum Gasteiger partial charge on any atom is 0.317 e. The minimum Gasteiger partial charge on any atom is -0.493 e. The van der Waals surface area contributed by atoms with Crippen LogP contribution in [0.5, 0.6) is 5.75 Å². The number of ether oxygens (including phenoxy) is 1. The molecular weight excluding hydrogens is 572 g/mol. The highest BCUT2D eigenvalue weighted by Crippen LogP contribution is 2.38. The van der Waals surface area contributed by atoms with E-state index in [0.717, 1.165) is 22.5 Å². The monoisotopic (exact) mass is 607 g/mol. The molecule has 0 aromatic heterocycles. The van der Waals surface area contributed by atoms with E-state index in [4.69, 9.17) is 16.3 Å². The minimum atomic E-state index is -4.37. The lowest BCUT2D eigenvalue weighted by molar-refractivity contribution is 0.197. The van der Waals surface area contributed by atoms with Crippen LogP contribution in [-0.4, -0.2) is 45.1 Å². The molecule has 1 N–H and O–H groups in total. The van der Waals surface area contributed by atoms with Crippen LogP contribution >= 0.6 is 11.6 Å². The lowest BCUT2D eigenvalue weighted by atomic mass is 10.1. The van der Waals surface area contributed by atoms with Crippen LogP contribution in [0.3, 0.4) is 0 Å². The van der Waals surface area contributed by atoms with Crippen molar-refractivity contribution in [2.75, 3.05) is 24.5 Å². The molecule has 0 fully saturated rings. The highest BCUT2D eigenvalue weighted by molar-refractivity contribution is 7.92. The van der Waals surface area contributed by atoms with Crippen LogP contribution in [0.25, 0.3) is 0 Å². The molecule has 222 valence electrons. The third kappa shape index (κ3) is 8.56. The Kier molecular flexibility index (Phi) is 10.6. The van der Waals surface area contributed by atoms with E-state index < -0.39 is 33.4 Å². The van der Waals surface area contributed by atoms with Crippen LogP contribution in [-0.2, 0) is 10.0 Å². The number of nitrogens with zero attached hydrogens (tertiary/aromatic N) is 2. The molecule has 3 rings (SSSR count). The topological polar surface area (TPSA) is 79.0 Å². The van der Waals surface area contributed by atoms with Crippen molar-refractivity contribution in [1.82, 2.24) is 10.2 Å². The van der Waals surface area contributed by atoms with E-state index in [2.05, 4.69) is 5.32 Å². The highest BCUT2D eigenvalue weighted by Gasteiger charge is 2.34. The summed E-state index contributed by atoms with van der Waals surface area (Å²) < 4.78 is 63.9. The van der Waals surface area contributed by atoms with E-state index in [1.165, 1.54) is 24.3 Å². The molecule has 0 aliphatic carbocycles. The quantitative estimate of drug-likeness (QED) is 0.234. The molecule has 0 aliphatic rings. The molecule has 0 saturated heterocycles. The second-order valence-electron chi connectivity index (χ2n) is 10.7. The van der Waals surface area contributed by atoms with Crippen LogP contribution in [0.4, 0.5) is 19.3 Å². The van der Waals surface area contributed by atoms with Gasteiger partial charge in [-0.2, -0.15) is 0 Å². The van der Waals surface area contributed by atoms with Gasteiger partial charge in [-0.3, -0.25) is 4.31 Å². The number of para-hydroxylation sites is 1. The predicted molar refractivity (Wildman–Crippen MR) is 158 cm³/mol. The molecule has 2 amide bonds. The fourth-order valence-electron chi connectivity index (χ4n) is 4.16. The van der Waals surface area contributed by atoms with Crippen molar-refractivity contribution in [2.45, 2.75) is 57.0 Å². The fourth-order valence-corrected chi connectivity index (χ4v) is 5.92. The Morgan fingerprint density at radius 2 is 1.68 bits per heavy atom. The summed E-state index contributed by atoms with van der Waals surface area (Å²) in [5.41, 5.74) is -0.299. The van der Waals surface area contributed by atoms with Gasteiger partial charge in [0.25, 0.3) is 10.0 Å². The largest absolute Gasteiger partial charge is 0.493 e. The maximum absolute atomic E-state index is 15.0. The van der Waals surface area contributed by atoms with Crippen molar-refractivity contribution in [2.24, 2.45) is 0 Å². The molecule has 41 heavy (non-hydrogen) atoms. The molecule has 7 nitrogen and oxygen atoms in total. The van der Waals surface area contributed by atoms with Crippen molar-refractivity contribution in [1.29, 1.82) is 0 Å². The van der Waals surface area contributed by atoms with Crippen LogP contribution in [0.1, 0.15) is 52.1 Å². The number of urea groups is 1. The summed E-state index contributed by atoms with van der Waals surface area (Å²) in [7, 11) is -2.64. The molecule has 1 unspecified atom stereocenters. The number of anilines is 1. The van der Waals surface area contributed by atoms with Crippen molar-refractivity contribution in [3.8, 4) is 5.75 Å². The van der Waals surface area contributed by atoms with Crippen molar-refractivity contribution in [3.05, 3.63) is 89.0 Å². The molecule has 3 aromatic carbocycles. The number of nitrogens with one attached hydrogen (secondary N) is 1. The average molecular weight is 608 g/mol. The SMILES string of the molecule is CC(c1ccccc1OCCCCN(C)C(=O)NC(C)(C)C)N(c1cc(F)ccc1F)S(=O)(=O)c1ccc(Cl)cc1. The Balaban J connectivity index is 1.83. The van der Waals surface area contributed by atoms with Crippen molar-refractivity contribution < 1.29 is 26.7 Å². The van der Waals surface area contributed by atoms with Gasteiger partial charge >= 0.3 is 6.03 Å². The van der Waals surface area contributed by atoms with Crippen LogP contribution in [0.2, 0.25) is 5.02 Å². The van der Waals surface area contributed by atoms with Gasteiger partial charge in [-0.25, -0.2) is 22.0 Å². The van der Waals surface area contributed by atoms with Gasteiger partial charge in [0.15, 0.2) is 0 Å². The molecule has 1 atom stereocenters. The lowest BCUT2D eigenvalue weighted by Crippen LogP contribution is -2.47. The zero-order valence-corrected chi connectivity index (χ0v) is 25.4. The summed E-state index contributed by atoms with van der Waals surface area (Å²) in [6.45, 7) is 8.15. The number of benzene rings is 3. The molecule has 0 bridgehead atoms. The molecule has 0 saturated carbocycles. The molecule has 0 spiro atoms. The Morgan fingerprint density at radius 3 is 2.34 bits per heavy atom. The molecule has 0 radical (unpaired) electrons. The van der Waals surface area contributed by atoms with Gasteiger partial charge in [0.2, 0.25) is 0 Å². The number of amides is 2. The third-order valence-electron chi connectivity index (χ3n) is 6.21. The Bertz CT molecular complexity index is 1450. The Labute approximate surface area is 246 Å². The van der Waals surface area contributed by atoms with Gasteiger partial charge in [0.1, 0.15) is 17.4 Å². The van der Waals surface area contributed by atoms with E-state index in [9.17, 15) is 17.6 Å². The lowest BCUT2D eigenvalue weighted by Gasteiger charge is -2.32. The summed E-state index contributed by atoms with van der Waals surface area (Å²) in [6, 6.07) is 13.9. The average Bonchev–Trinajstić information content (AvgIpc) is 2.89. The summed E-state index contributed by atoms with van der Waals surface area (Å²) in [5.74, 6) is -1.27. The first-order chi connectivity index (χ1) is 19.2. The number of carbonyl (C=O) groups excluding carboxylic acids is 1. The number of carbonyl (C=O) groups is 1. The summed E-state index contributed by atoms with van der Waals surface area (Å²) >= 11 is 5.96. The van der Waals surface area contributed by atoms with Crippen LogP contribution < -0.4 is 14.4 Å². The van der Waals surface area contributed by atoms with Gasteiger partial charge in [-0.05, 0) is 83.0 Å². The first-order valence-corrected chi connectivity index (χ1v) is 15.0. The molecular formula is C30H36ClF2N3O4S. The fraction of sp³-hybridized carbons (Fsp3) is 0.367. The molecule has 11 heteroatoms. The van der Waals surface area contributed by atoms with E-state index in [-0.39, 0.29) is 16.5 Å². The number of hydrogen-bond acceptors (Lipinski definition) is 4. The zero-order valence-electron chi connectivity index (χ0n) is 23.8. The number of rotatable bonds is 11.